The van der Waals surface area contributed by atoms with Crippen LogP contribution < -0.4 is 4.90 Å². The van der Waals surface area contributed by atoms with E-state index in [-0.39, 0.29) is 0 Å². The molecule has 0 radical (unpaired) electrons. The first kappa shape index (κ1) is 10.4. The lowest BCUT2D eigenvalue weighted by Crippen LogP contribution is -2.17. The van der Waals surface area contributed by atoms with Gasteiger partial charge in [0.05, 0.1) is 23.7 Å². The number of rotatable bonds is 3. The van der Waals surface area contributed by atoms with Gasteiger partial charge in [-0.3, -0.25) is 4.98 Å². The fourth-order valence-electron chi connectivity index (χ4n) is 1.97. The zero-order chi connectivity index (χ0) is 10.7. The molecule has 1 aliphatic rings. The van der Waals surface area contributed by atoms with Gasteiger partial charge in [0, 0.05) is 13.1 Å². The molecule has 82 valence electrons. The van der Waals surface area contributed by atoms with Crippen LogP contribution in [0.4, 0.5) is 5.69 Å². The minimum Gasteiger partial charge on any atom is -0.387 e. The van der Waals surface area contributed by atoms with Crippen LogP contribution in [0.25, 0.3) is 0 Å². The van der Waals surface area contributed by atoms with E-state index in [1.54, 1.807) is 0 Å². The molecule has 0 bridgehead atoms. The van der Waals surface area contributed by atoms with E-state index in [0.29, 0.717) is 0 Å². The van der Waals surface area contributed by atoms with Crippen LogP contribution in [0.3, 0.4) is 0 Å². The van der Waals surface area contributed by atoms with Crippen molar-refractivity contribution in [2.75, 3.05) is 18.0 Å². The molecule has 3 nitrogen and oxygen atoms in total. The first-order valence-corrected chi connectivity index (χ1v) is 5.70. The molecule has 1 fully saturated rings. The summed E-state index contributed by atoms with van der Waals surface area (Å²) in [6.45, 7) is 4.23. The highest BCUT2D eigenvalue weighted by molar-refractivity contribution is 5.45. The maximum Gasteiger partial charge on any atom is 0.0957 e. The van der Waals surface area contributed by atoms with Gasteiger partial charge in [0.1, 0.15) is 0 Å². The zero-order valence-electron chi connectivity index (χ0n) is 9.19. The van der Waals surface area contributed by atoms with Gasteiger partial charge in [0.2, 0.25) is 0 Å². The Labute approximate surface area is 90.8 Å². The molecule has 0 amide bonds. The highest BCUT2D eigenvalue weighted by atomic mass is 16.3. The van der Waals surface area contributed by atoms with E-state index in [2.05, 4.69) is 16.0 Å². The monoisotopic (exact) mass is 206 g/mol. The number of nitrogens with zero attached hydrogens (tertiary/aromatic N) is 2. The molecule has 1 aromatic heterocycles. The molecule has 3 heteroatoms. The summed E-state index contributed by atoms with van der Waals surface area (Å²) in [5.41, 5.74) is 1.96. The fourth-order valence-corrected chi connectivity index (χ4v) is 1.97. The molecule has 1 aromatic rings. The van der Waals surface area contributed by atoms with E-state index in [9.17, 15) is 5.11 Å². The fraction of sp³-hybridized carbons (Fsp3) is 0.583. The van der Waals surface area contributed by atoms with Gasteiger partial charge in [-0.05, 0) is 31.4 Å². The van der Waals surface area contributed by atoms with Crippen LogP contribution in [0.5, 0.6) is 0 Å². The van der Waals surface area contributed by atoms with Gasteiger partial charge in [-0.25, -0.2) is 0 Å². The van der Waals surface area contributed by atoms with Crippen molar-refractivity contribution in [2.45, 2.75) is 32.3 Å². The van der Waals surface area contributed by atoms with Gasteiger partial charge in [0.25, 0.3) is 0 Å². The molecule has 0 aromatic carbocycles. The average molecular weight is 206 g/mol. The largest absolute Gasteiger partial charge is 0.387 e. The second-order valence-corrected chi connectivity index (χ2v) is 4.06. The summed E-state index contributed by atoms with van der Waals surface area (Å²) in [4.78, 5) is 6.64. The standard InChI is InChI=1S/C12H18N2O/c1-2-12(15)11-6-5-10(9-13-11)14-7-3-4-8-14/h5-6,9,12,15H,2-4,7-8H2,1H3/t12-/m0/s1. The van der Waals surface area contributed by atoms with Crippen molar-refractivity contribution in [1.29, 1.82) is 0 Å². The number of hydrogen-bond acceptors (Lipinski definition) is 3. The number of hydrogen-bond donors (Lipinski definition) is 1. The highest BCUT2D eigenvalue weighted by Crippen LogP contribution is 2.21. The number of aliphatic hydroxyl groups excluding tert-OH is 1. The Kier molecular flexibility index (Phi) is 3.21. The molecule has 1 saturated heterocycles. The molecular weight excluding hydrogens is 188 g/mol. The summed E-state index contributed by atoms with van der Waals surface area (Å²) in [6, 6.07) is 3.99. The average Bonchev–Trinajstić information content (AvgIpc) is 2.82. The lowest BCUT2D eigenvalue weighted by atomic mass is 10.2. The molecule has 0 unspecified atom stereocenters. The molecule has 1 N–H and O–H groups in total. The molecule has 0 saturated carbocycles. The van der Waals surface area contributed by atoms with Crippen LogP contribution in [-0.2, 0) is 0 Å². The number of aromatic nitrogens is 1. The highest BCUT2D eigenvalue weighted by Gasteiger charge is 2.13. The van der Waals surface area contributed by atoms with Crippen LogP contribution in [0.2, 0.25) is 0 Å². The molecule has 2 heterocycles. The number of anilines is 1. The summed E-state index contributed by atoms with van der Waals surface area (Å²) < 4.78 is 0. The van der Waals surface area contributed by atoms with Crippen LogP contribution in [0, 0.1) is 0 Å². The van der Waals surface area contributed by atoms with Crippen LogP contribution in [-0.4, -0.2) is 23.2 Å². The normalized spacial score (nSPS) is 18.1. The van der Waals surface area contributed by atoms with Gasteiger partial charge in [-0.15, -0.1) is 0 Å². The third-order valence-electron chi connectivity index (χ3n) is 2.97. The maximum absolute atomic E-state index is 9.61. The van der Waals surface area contributed by atoms with E-state index in [0.717, 1.165) is 25.2 Å². The van der Waals surface area contributed by atoms with Gasteiger partial charge in [-0.2, -0.15) is 0 Å². The van der Waals surface area contributed by atoms with Gasteiger partial charge in [-0.1, -0.05) is 6.92 Å². The molecule has 1 aliphatic heterocycles. The predicted molar refractivity (Wildman–Crippen MR) is 60.9 cm³/mol. The minimum atomic E-state index is -0.419. The summed E-state index contributed by atoms with van der Waals surface area (Å²) in [5, 5.41) is 9.61. The van der Waals surface area contributed by atoms with Crippen molar-refractivity contribution in [3.8, 4) is 0 Å². The van der Waals surface area contributed by atoms with E-state index in [4.69, 9.17) is 0 Å². The Morgan fingerprint density at radius 2 is 2.13 bits per heavy atom. The zero-order valence-corrected chi connectivity index (χ0v) is 9.19. The van der Waals surface area contributed by atoms with E-state index in [1.165, 1.54) is 18.5 Å². The number of aliphatic hydroxyl groups is 1. The van der Waals surface area contributed by atoms with Gasteiger partial charge in [0.15, 0.2) is 0 Å². The van der Waals surface area contributed by atoms with E-state index < -0.39 is 6.10 Å². The summed E-state index contributed by atoms with van der Waals surface area (Å²) >= 11 is 0. The van der Waals surface area contributed by atoms with Crippen molar-refractivity contribution in [1.82, 2.24) is 4.98 Å². The topological polar surface area (TPSA) is 36.4 Å². The Morgan fingerprint density at radius 3 is 2.67 bits per heavy atom. The Morgan fingerprint density at radius 1 is 1.40 bits per heavy atom. The Bertz CT molecular complexity index is 304. The molecule has 0 spiro atoms. The Hall–Kier alpha value is -1.09. The third kappa shape index (κ3) is 2.29. The second kappa shape index (κ2) is 4.62. The maximum atomic E-state index is 9.61. The van der Waals surface area contributed by atoms with Crippen molar-refractivity contribution >= 4 is 5.69 Å². The van der Waals surface area contributed by atoms with E-state index in [1.807, 2.05) is 19.2 Å². The van der Waals surface area contributed by atoms with Crippen LogP contribution in [0.15, 0.2) is 18.3 Å². The lowest BCUT2D eigenvalue weighted by Gasteiger charge is -2.17. The Balaban J connectivity index is 2.09. The smallest absolute Gasteiger partial charge is 0.0957 e. The van der Waals surface area contributed by atoms with Crippen LogP contribution in [0.1, 0.15) is 38.0 Å². The van der Waals surface area contributed by atoms with Crippen molar-refractivity contribution in [2.24, 2.45) is 0 Å². The second-order valence-electron chi connectivity index (χ2n) is 4.06. The molecular formula is C12H18N2O. The van der Waals surface area contributed by atoms with Gasteiger partial charge < -0.3 is 10.0 Å². The van der Waals surface area contributed by atoms with E-state index >= 15 is 0 Å². The molecule has 0 aliphatic carbocycles. The lowest BCUT2D eigenvalue weighted by molar-refractivity contribution is 0.169. The summed E-state index contributed by atoms with van der Waals surface area (Å²) in [5.74, 6) is 0. The van der Waals surface area contributed by atoms with Crippen molar-refractivity contribution in [3.05, 3.63) is 24.0 Å². The first-order chi connectivity index (χ1) is 7.31. The summed E-state index contributed by atoms with van der Waals surface area (Å²) in [6.07, 6.45) is 4.73. The molecule has 15 heavy (non-hydrogen) atoms. The molecule has 2 rings (SSSR count). The molecule has 1 atom stereocenters. The number of pyridine rings is 1. The first-order valence-electron chi connectivity index (χ1n) is 5.70. The third-order valence-corrected chi connectivity index (χ3v) is 2.97. The summed E-state index contributed by atoms with van der Waals surface area (Å²) in [7, 11) is 0. The predicted octanol–water partition coefficient (Wildman–Crippen LogP) is 2.13. The van der Waals surface area contributed by atoms with Crippen LogP contribution >= 0.6 is 0 Å². The van der Waals surface area contributed by atoms with Crippen molar-refractivity contribution in [3.63, 3.8) is 0 Å². The minimum absolute atomic E-state index is 0.419. The SMILES string of the molecule is CC[C@H](O)c1ccc(N2CCCC2)cn1. The van der Waals surface area contributed by atoms with Gasteiger partial charge >= 0.3 is 0 Å². The quantitative estimate of drug-likeness (QED) is 0.823. The van der Waals surface area contributed by atoms with Crippen molar-refractivity contribution < 1.29 is 5.11 Å².